The van der Waals surface area contributed by atoms with Crippen LogP contribution < -0.4 is 11.2 Å². The fraction of sp³-hybridized carbons (Fsp3) is 0.389. The second kappa shape index (κ2) is 8.84. The van der Waals surface area contributed by atoms with Crippen molar-refractivity contribution >= 4 is 23.7 Å². The summed E-state index contributed by atoms with van der Waals surface area (Å²) in [5, 5.41) is 8.28. The number of rotatable bonds is 8. The van der Waals surface area contributed by atoms with E-state index in [4.69, 9.17) is 15.1 Å². The van der Waals surface area contributed by atoms with Crippen LogP contribution in [-0.2, 0) is 9.22 Å². The number of nitrogens with two attached hydrogens (primary N) is 1. The lowest BCUT2D eigenvalue weighted by Crippen LogP contribution is -2.19. The minimum absolute atomic E-state index is 0.353. The lowest BCUT2D eigenvalue weighted by atomic mass is 10.1. The van der Waals surface area contributed by atoms with Gasteiger partial charge in [0.1, 0.15) is 23.7 Å². The maximum atomic E-state index is 5.44. The van der Waals surface area contributed by atoms with E-state index in [1.165, 1.54) is 4.41 Å². The zero-order chi connectivity index (χ0) is 19.3. The molecule has 1 fully saturated rings. The van der Waals surface area contributed by atoms with Gasteiger partial charge in [-0.1, -0.05) is 6.07 Å². The Bertz CT molecular complexity index is 905. The third-order valence-electron chi connectivity index (χ3n) is 4.68. The molecule has 0 spiro atoms. The highest BCUT2D eigenvalue weighted by molar-refractivity contribution is 7.92. The van der Waals surface area contributed by atoms with Gasteiger partial charge in [-0.2, -0.15) is 14.0 Å². The van der Waals surface area contributed by atoms with Crippen LogP contribution in [-0.4, -0.2) is 43.7 Å². The van der Waals surface area contributed by atoms with Gasteiger partial charge in [0.2, 0.25) is 0 Å². The van der Waals surface area contributed by atoms with Gasteiger partial charge in [0.25, 0.3) is 0 Å². The highest BCUT2D eigenvalue weighted by Crippen LogP contribution is 2.29. The van der Waals surface area contributed by atoms with E-state index in [2.05, 4.69) is 20.4 Å². The standard InChI is InChI=1S/C18H23N7O2S/c1-24(19)28-27-26-12-13-5-6-14(10-13)22-17-7-9-21-18-11-16(23-25(17)18)15-4-2-3-8-20-15/h2-4,7-9,11,13-14,22H,5-6,10,12,19H2,1H3/t13?,14-/m0/s1. The molecule has 3 aromatic rings. The van der Waals surface area contributed by atoms with Crippen LogP contribution in [0.15, 0.2) is 42.7 Å². The van der Waals surface area contributed by atoms with Gasteiger partial charge in [0, 0.05) is 31.5 Å². The summed E-state index contributed by atoms with van der Waals surface area (Å²) in [7, 11) is 1.69. The van der Waals surface area contributed by atoms with Crippen LogP contribution in [0.4, 0.5) is 5.82 Å². The van der Waals surface area contributed by atoms with Crippen molar-refractivity contribution in [3.8, 4) is 11.4 Å². The summed E-state index contributed by atoms with van der Waals surface area (Å²) in [4.78, 5) is 14.0. The third kappa shape index (κ3) is 4.59. The molecule has 0 saturated heterocycles. The molecule has 1 unspecified atom stereocenters. The lowest BCUT2D eigenvalue weighted by molar-refractivity contribution is -0.203. The molecule has 3 aromatic heterocycles. The van der Waals surface area contributed by atoms with Crippen LogP contribution in [0.2, 0.25) is 0 Å². The van der Waals surface area contributed by atoms with Crippen molar-refractivity contribution in [2.24, 2.45) is 11.8 Å². The second-order valence-electron chi connectivity index (χ2n) is 6.84. The highest BCUT2D eigenvalue weighted by atomic mass is 32.2. The fourth-order valence-corrected chi connectivity index (χ4v) is 3.60. The number of nitrogens with zero attached hydrogens (tertiary/aromatic N) is 5. The summed E-state index contributed by atoms with van der Waals surface area (Å²) >= 11 is 0.970. The minimum Gasteiger partial charge on any atom is -0.367 e. The molecule has 148 valence electrons. The summed E-state index contributed by atoms with van der Waals surface area (Å²) in [6.07, 6.45) is 6.71. The van der Waals surface area contributed by atoms with E-state index >= 15 is 0 Å². The first kappa shape index (κ1) is 19.1. The molecule has 3 heterocycles. The lowest BCUT2D eigenvalue weighted by Gasteiger charge is -2.15. The summed E-state index contributed by atoms with van der Waals surface area (Å²) in [5.41, 5.74) is 2.43. The average molecular weight is 401 g/mol. The van der Waals surface area contributed by atoms with Gasteiger partial charge in [-0.15, -0.1) is 4.33 Å². The van der Waals surface area contributed by atoms with Crippen LogP contribution in [0.3, 0.4) is 0 Å². The van der Waals surface area contributed by atoms with Crippen molar-refractivity contribution in [3.05, 3.63) is 42.7 Å². The molecule has 0 amide bonds. The van der Waals surface area contributed by atoms with Crippen LogP contribution in [0.25, 0.3) is 17.0 Å². The summed E-state index contributed by atoms with van der Waals surface area (Å²) < 4.78 is 8.16. The maximum absolute atomic E-state index is 5.44. The second-order valence-corrected chi connectivity index (χ2v) is 7.70. The molecule has 2 atom stereocenters. The summed E-state index contributed by atoms with van der Waals surface area (Å²) in [6.45, 7) is 0.552. The Kier molecular flexibility index (Phi) is 6.03. The molecule has 1 aliphatic rings. The molecule has 9 nitrogen and oxygen atoms in total. The Morgan fingerprint density at radius 2 is 2.18 bits per heavy atom. The van der Waals surface area contributed by atoms with Gasteiger partial charge in [0.05, 0.1) is 12.3 Å². The molecule has 4 rings (SSSR count). The Hall–Kier alpha value is -2.24. The highest BCUT2D eigenvalue weighted by Gasteiger charge is 2.26. The van der Waals surface area contributed by atoms with E-state index in [0.717, 1.165) is 54.3 Å². The molecule has 0 bridgehead atoms. The Morgan fingerprint density at radius 1 is 1.25 bits per heavy atom. The number of nitrogens with one attached hydrogen (secondary N) is 1. The molecule has 1 aliphatic carbocycles. The number of aromatic nitrogens is 4. The predicted octanol–water partition coefficient (Wildman–Crippen LogP) is 2.69. The maximum Gasteiger partial charge on any atom is 0.157 e. The van der Waals surface area contributed by atoms with E-state index < -0.39 is 0 Å². The monoisotopic (exact) mass is 401 g/mol. The van der Waals surface area contributed by atoms with Gasteiger partial charge >= 0.3 is 0 Å². The SMILES string of the molecule is CN(N)SOOCC1CC[C@H](Nc2ccnc3cc(-c4ccccn4)nn23)C1. The molecule has 0 radical (unpaired) electrons. The molecule has 1 saturated carbocycles. The first-order valence-corrected chi connectivity index (χ1v) is 9.86. The molecule has 0 aromatic carbocycles. The van der Waals surface area contributed by atoms with Crippen LogP contribution in [0, 0.1) is 5.92 Å². The Labute approximate surface area is 167 Å². The van der Waals surface area contributed by atoms with Crippen LogP contribution in [0.5, 0.6) is 0 Å². The van der Waals surface area contributed by atoms with Crippen molar-refractivity contribution in [2.45, 2.75) is 25.3 Å². The molecule has 0 aliphatic heterocycles. The largest absolute Gasteiger partial charge is 0.367 e. The molecule has 28 heavy (non-hydrogen) atoms. The quantitative estimate of drug-likeness (QED) is 0.147. The van der Waals surface area contributed by atoms with E-state index in [9.17, 15) is 0 Å². The van der Waals surface area contributed by atoms with Crippen molar-refractivity contribution in [1.29, 1.82) is 0 Å². The average Bonchev–Trinajstić information content (AvgIpc) is 3.33. The zero-order valence-electron chi connectivity index (χ0n) is 15.6. The third-order valence-corrected chi connectivity index (χ3v) is 5.07. The number of hydrazine groups is 1. The minimum atomic E-state index is 0.353. The van der Waals surface area contributed by atoms with Crippen molar-refractivity contribution in [1.82, 2.24) is 24.0 Å². The van der Waals surface area contributed by atoms with Crippen LogP contribution in [0.1, 0.15) is 19.3 Å². The normalized spacial score (nSPS) is 19.5. The molecular formula is C18H23N7O2S. The van der Waals surface area contributed by atoms with Gasteiger partial charge < -0.3 is 5.32 Å². The van der Waals surface area contributed by atoms with Crippen molar-refractivity contribution in [3.63, 3.8) is 0 Å². The van der Waals surface area contributed by atoms with Crippen molar-refractivity contribution in [2.75, 3.05) is 19.0 Å². The van der Waals surface area contributed by atoms with E-state index in [0.29, 0.717) is 18.6 Å². The van der Waals surface area contributed by atoms with Crippen molar-refractivity contribution < 1.29 is 9.22 Å². The smallest absolute Gasteiger partial charge is 0.157 e. The Balaban J connectivity index is 1.39. The topological polar surface area (TPSA) is 103 Å². The van der Waals surface area contributed by atoms with Gasteiger partial charge in [-0.05, 0) is 43.4 Å². The summed E-state index contributed by atoms with van der Waals surface area (Å²) in [6, 6.07) is 10.0. The molecule has 3 N–H and O–H groups in total. The number of pyridine rings is 1. The number of hydrogen-bond donors (Lipinski definition) is 2. The summed E-state index contributed by atoms with van der Waals surface area (Å²) in [5.74, 6) is 6.81. The number of fused-ring (bicyclic) bond motifs is 1. The van der Waals surface area contributed by atoms with Crippen LogP contribution >= 0.6 is 12.2 Å². The molecule has 10 heteroatoms. The number of anilines is 1. The predicted molar refractivity (Wildman–Crippen MR) is 108 cm³/mol. The van der Waals surface area contributed by atoms with Gasteiger partial charge in [-0.3, -0.25) is 10.8 Å². The zero-order valence-corrected chi connectivity index (χ0v) is 16.4. The fourth-order valence-electron chi connectivity index (χ4n) is 3.40. The Morgan fingerprint density at radius 3 is 3.00 bits per heavy atom. The van der Waals surface area contributed by atoms with E-state index in [-0.39, 0.29) is 0 Å². The van der Waals surface area contributed by atoms with Gasteiger partial charge in [0.15, 0.2) is 5.65 Å². The number of hydrogen-bond acceptors (Lipinski definition) is 9. The van der Waals surface area contributed by atoms with Gasteiger partial charge in [-0.25, -0.2) is 9.87 Å². The molecular weight excluding hydrogens is 378 g/mol. The first-order valence-electron chi connectivity index (χ1n) is 9.16. The first-order chi connectivity index (χ1) is 13.7. The van der Waals surface area contributed by atoms with E-state index in [1.54, 1.807) is 19.4 Å². The van der Waals surface area contributed by atoms with E-state index in [1.807, 2.05) is 34.8 Å².